The van der Waals surface area contributed by atoms with Crippen molar-refractivity contribution in [1.29, 1.82) is 0 Å². The minimum absolute atomic E-state index is 0.539. The van der Waals surface area contributed by atoms with Crippen LogP contribution in [-0.2, 0) is 0 Å². The molecule has 1 heterocycles. The maximum Gasteiger partial charge on any atom is 0.00928 e. The van der Waals surface area contributed by atoms with E-state index in [2.05, 4.69) is 38.0 Å². The second-order valence-electron chi connectivity index (χ2n) is 7.56. The summed E-state index contributed by atoms with van der Waals surface area (Å²) in [4.78, 5) is 2.80. The van der Waals surface area contributed by atoms with Gasteiger partial charge in [-0.1, -0.05) is 26.7 Å². The Labute approximate surface area is 120 Å². The highest BCUT2D eigenvalue weighted by molar-refractivity contribution is 4.92. The van der Waals surface area contributed by atoms with Gasteiger partial charge in [-0.25, -0.2) is 0 Å². The maximum atomic E-state index is 3.49. The number of hydrogen-bond acceptors (Lipinski definition) is 2. The topological polar surface area (TPSA) is 15.3 Å². The molecule has 4 unspecified atom stereocenters. The summed E-state index contributed by atoms with van der Waals surface area (Å²) in [5.74, 6) is 1.79. The lowest BCUT2D eigenvalue weighted by Crippen LogP contribution is -2.51. The van der Waals surface area contributed by atoms with Gasteiger partial charge in [-0.05, 0) is 63.5 Å². The molecule has 0 amide bonds. The monoisotopic (exact) mass is 266 g/mol. The normalized spacial score (nSPS) is 41.4. The molecule has 2 nitrogen and oxygen atoms in total. The zero-order chi connectivity index (χ0) is 13.9. The highest BCUT2D eigenvalue weighted by atomic mass is 15.2. The highest BCUT2D eigenvalue weighted by Gasteiger charge is 2.38. The molecule has 0 radical (unpaired) electrons. The predicted molar refractivity (Wildman–Crippen MR) is 83.4 cm³/mol. The summed E-state index contributed by atoms with van der Waals surface area (Å²) in [6.07, 6.45) is 8.54. The van der Waals surface area contributed by atoms with Crippen LogP contribution in [-0.4, -0.2) is 37.6 Å². The SMILES string of the molecule is CNCC1(CN2CCCC(C)C2C)CCCC(C)C1. The van der Waals surface area contributed by atoms with Gasteiger partial charge in [0.1, 0.15) is 0 Å². The molecular weight excluding hydrogens is 232 g/mol. The summed E-state index contributed by atoms with van der Waals surface area (Å²) >= 11 is 0. The van der Waals surface area contributed by atoms with Crippen LogP contribution in [0, 0.1) is 17.3 Å². The minimum atomic E-state index is 0.539. The van der Waals surface area contributed by atoms with Crippen molar-refractivity contribution in [2.24, 2.45) is 17.3 Å². The molecule has 1 aliphatic carbocycles. The van der Waals surface area contributed by atoms with Crippen LogP contribution in [0.1, 0.15) is 59.3 Å². The smallest absolute Gasteiger partial charge is 0.00928 e. The molecule has 1 saturated carbocycles. The van der Waals surface area contributed by atoms with Gasteiger partial charge in [0.15, 0.2) is 0 Å². The number of nitrogens with zero attached hydrogens (tertiary/aromatic N) is 1. The Bertz CT molecular complexity index is 274. The molecule has 1 N–H and O–H groups in total. The molecule has 0 bridgehead atoms. The molecule has 1 aliphatic heterocycles. The third-order valence-corrected chi connectivity index (χ3v) is 5.78. The van der Waals surface area contributed by atoms with Gasteiger partial charge in [0, 0.05) is 19.1 Å². The maximum absolute atomic E-state index is 3.49. The first-order chi connectivity index (χ1) is 9.06. The summed E-state index contributed by atoms with van der Waals surface area (Å²) in [7, 11) is 2.13. The van der Waals surface area contributed by atoms with E-state index >= 15 is 0 Å². The first-order valence-electron chi connectivity index (χ1n) is 8.45. The molecule has 4 atom stereocenters. The summed E-state index contributed by atoms with van der Waals surface area (Å²) < 4.78 is 0. The van der Waals surface area contributed by atoms with E-state index < -0.39 is 0 Å². The summed E-state index contributed by atoms with van der Waals surface area (Å²) in [5, 5.41) is 3.49. The zero-order valence-corrected chi connectivity index (χ0v) is 13.5. The molecule has 1 saturated heterocycles. The first-order valence-corrected chi connectivity index (χ1v) is 8.45. The van der Waals surface area contributed by atoms with Gasteiger partial charge in [-0.3, -0.25) is 4.90 Å². The Kier molecular flexibility index (Phi) is 5.30. The third kappa shape index (κ3) is 3.72. The average molecular weight is 266 g/mol. The van der Waals surface area contributed by atoms with E-state index in [9.17, 15) is 0 Å². The van der Waals surface area contributed by atoms with Crippen LogP contribution < -0.4 is 5.32 Å². The fourth-order valence-corrected chi connectivity index (χ4v) is 4.58. The van der Waals surface area contributed by atoms with Crippen molar-refractivity contribution >= 4 is 0 Å². The number of likely N-dealkylation sites (tertiary alicyclic amines) is 1. The van der Waals surface area contributed by atoms with Crippen molar-refractivity contribution in [1.82, 2.24) is 10.2 Å². The van der Waals surface area contributed by atoms with Crippen LogP contribution in [0.25, 0.3) is 0 Å². The van der Waals surface area contributed by atoms with Gasteiger partial charge in [-0.15, -0.1) is 0 Å². The molecule has 2 rings (SSSR count). The van der Waals surface area contributed by atoms with Crippen LogP contribution in [0.15, 0.2) is 0 Å². The van der Waals surface area contributed by atoms with E-state index in [1.54, 1.807) is 0 Å². The van der Waals surface area contributed by atoms with Crippen molar-refractivity contribution in [3.05, 3.63) is 0 Å². The number of piperidine rings is 1. The fourth-order valence-electron chi connectivity index (χ4n) is 4.58. The Morgan fingerprint density at radius 2 is 1.95 bits per heavy atom. The van der Waals surface area contributed by atoms with Crippen LogP contribution in [0.4, 0.5) is 0 Å². The number of rotatable bonds is 4. The summed E-state index contributed by atoms with van der Waals surface area (Å²) in [6.45, 7) is 11.2. The minimum Gasteiger partial charge on any atom is -0.319 e. The van der Waals surface area contributed by atoms with E-state index in [1.807, 2.05) is 0 Å². The van der Waals surface area contributed by atoms with E-state index in [0.717, 1.165) is 17.9 Å². The molecule has 0 spiro atoms. The lowest BCUT2D eigenvalue weighted by molar-refractivity contribution is 0.0296. The fraction of sp³-hybridized carbons (Fsp3) is 1.00. The highest BCUT2D eigenvalue weighted by Crippen LogP contribution is 2.40. The van der Waals surface area contributed by atoms with Gasteiger partial charge < -0.3 is 5.32 Å². The Morgan fingerprint density at radius 1 is 1.16 bits per heavy atom. The van der Waals surface area contributed by atoms with E-state index in [4.69, 9.17) is 0 Å². The molecular formula is C17H34N2. The van der Waals surface area contributed by atoms with Crippen molar-refractivity contribution in [2.45, 2.75) is 65.3 Å². The van der Waals surface area contributed by atoms with Crippen LogP contribution >= 0.6 is 0 Å². The van der Waals surface area contributed by atoms with E-state index in [1.165, 1.54) is 58.2 Å². The van der Waals surface area contributed by atoms with Crippen LogP contribution in [0.5, 0.6) is 0 Å². The lowest BCUT2D eigenvalue weighted by atomic mass is 9.69. The van der Waals surface area contributed by atoms with Crippen molar-refractivity contribution in [3.63, 3.8) is 0 Å². The molecule has 2 fully saturated rings. The molecule has 0 aromatic rings. The zero-order valence-electron chi connectivity index (χ0n) is 13.5. The van der Waals surface area contributed by atoms with Gasteiger partial charge in [0.05, 0.1) is 0 Å². The Balaban J connectivity index is 2.03. The first kappa shape index (κ1) is 15.3. The molecule has 0 aromatic heterocycles. The predicted octanol–water partition coefficient (Wildman–Crippen LogP) is 3.52. The van der Waals surface area contributed by atoms with Gasteiger partial charge >= 0.3 is 0 Å². The Morgan fingerprint density at radius 3 is 2.63 bits per heavy atom. The number of nitrogens with one attached hydrogen (secondary N) is 1. The van der Waals surface area contributed by atoms with E-state index in [0.29, 0.717) is 5.41 Å². The number of hydrogen-bond donors (Lipinski definition) is 1. The second-order valence-corrected chi connectivity index (χ2v) is 7.56. The van der Waals surface area contributed by atoms with Gasteiger partial charge in [-0.2, -0.15) is 0 Å². The summed E-state index contributed by atoms with van der Waals surface area (Å²) in [5.41, 5.74) is 0.539. The van der Waals surface area contributed by atoms with Crippen LogP contribution in [0.2, 0.25) is 0 Å². The molecule has 2 aliphatic rings. The second kappa shape index (κ2) is 6.58. The molecule has 0 aromatic carbocycles. The molecule has 112 valence electrons. The van der Waals surface area contributed by atoms with Gasteiger partial charge in [0.25, 0.3) is 0 Å². The largest absolute Gasteiger partial charge is 0.319 e. The summed E-state index contributed by atoms with van der Waals surface area (Å²) in [6, 6.07) is 0.778. The lowest BCUT2D eigenvalue weighted by Gasteiger charge is -2.47. The third-order valence-electron chi connectivity index (χ3n) is 5.78. The van der Waals surface area contributed by atoms with Crippen molar-refractivity contribution in [3.8, 4) is 0 Å². The van der Waals surface area contributed by atoms with Crippen LogP contribution in [0.3, 0.4) is 0 Å². The average Bonchev–Trinajstić information content (AvgIpc) is 2.35. The van der Waals surface area contributed by atoms with E-state index in [-0.39, 0.29) is 0 Å². The Hall–Kier alpha value is -0.0800. The standard InChI is InChI=1S/C17H34N2/c1-14-7-5-9-17(11-14,12-18-4)13-19-10-6-8-15(2)16(19)3/h14-16,18H,5-13H2,1-4H3. The van der Waals surface area contributed by atoms with Crippen molar-refractivity contribution < 1.29 is 0 Å². The van der Waals surface area contributed by atoms with Crippen molar-refractivity contribution in [2.75, 3.05) is 26.7 Å². The molecule has 19 heavy (non-hydrogen) atoms. The van der Waals surface area contributed by atoms with Gasteiger partial charge in [0.2, 0.25) is 0 Å². The molecule has 2 heteroatoms. The quantitative estimate of drug-likeness (QED) is 0.837.